The summed E-state index contributed by atoms with van der Waals surface area (Å²) in [5.74, 6) is 0. The molecule has 3 aromatic rings. The van der Waals surface area contributed by atoms with Crippen molar-refractivity contribution in [2.24, 2.45) is 7.05 Å². The van der Waals surface area contributed by atoms with Gasteiger partial charge in [0.25, 0.3) is 0 Å². The zero-order chi connectivity index (χ0) is 16.9. The summed E-state index contributed by atoms with van der Waals surface area (Å²) in [6, 6.07) is 10.6. The van der Waals surface area contributed by atoms with Crippen LogP contribution in [-0.2, 0) is 13.6 Å². The van der Waals surface area contributed by atoms with Crippen molar-refractivity contribution in [3.8, 4) is 11.3 Å². The average molecular weight is 342 g/mol. The average Bonchev–Trinajstić information content (AvgIpc) is 3.02. The Kier molecular flexibility index (Phi) is 4.77. The number of hydrogen-bond acceptors (Lipinski definition) is 3. The van der Waals surface area contributed by atoms with Crippen molar-refractivity contribution in [2.75, 3.05) is 5.32 Å². The summed E-state index contributed by atoms with van der Waals surface area (Å²) >= 11 is 6.00. The maximum Gasteiger partial charge on any atom is 0.319 e. The van der Waals surface area contributed by atoms with E-state index in [4.69, 9.17) is 11.6 Å². The van der Waals surface area contributed by atoms with E-state index in [9.17, 15) is 4.79 Å². The summed E-state index contributed by atoms with van der Waals surface area (Å²) in [4.78, 5) is 16.3. The lowest BCUT2D eigenvalue weighted by molar-refractivity contribution is 0.251. The molecule has 0 aliphatic rings. The number of rotatable bonds is 4. The lowest BCUT2D eigenvalue weighted by Gasteiger charge is -2.09. The third-order valence-corrected chi connectivity index (χ3v) is 3.73. The molecular formula is C17H16ClN5O. The summed E-state index contributed by atoms with van der Waals surface area (Å²) in [7, 11) is 1.86. The normalized spacial score (nSPS) is 10.4. The van der Waals surface area contributed by atoms with Crippen molar-refractivity contribution < 1.29 is 4.79 Å². The minimum Gasteiger partial charge on any atom is -0.334 e. The van der Waals surface area contributed by atoms with Gasteiger partial charge < -0.3 is 10.6 Å². The molecule has 24 heavy (non-hydrogen) atoms. The Bertz CT molecular complexity index is 844. The van der Waals surface area contributed by atoms with Crippen molar-refractivity contribution in [1.82, 2.24) is 20.1 Å². The molecule has 0 fully saturated rings. The van der Waals surface area contributed by atoms with Gasteiger partial charge in [-0.2, -0.15) is 5.10 Å². The number of nitrogens with zero attached hydrogens (tertiary/aromatic N) is 3. The molecule has 3 rings (SSSR count). The van der Waals surface area contributed by atoms with E-state index in [1.54, 1.807) is 35.3 Å². The third-order valence-electron chi connectivity index (χ3n) is 3.40. The lowest BCUT2D eigenvalue weighted by atomic mass is 10.2. The quantitative estimate of drug-likeness (QED) is 0.763. The van der Waals surface area contributed by atoms with E-state index in [2.05, 4.69) is 20.7 Å². The van der Waals surface area contributed by atoms with Gasteiger partial charge in [-0.1, -0.05) is 29.8 Å². The largest absolute Gasteiger partial charge is 0.334 e. The number of anilines is 1. The summed E-state index contributed by atoms with van der Waals surface area (Å²) in [6.07, 6.45) is 5.40. The predicted octanol–water partition coefficient (Wildman–Crippen LogP) is 3.46. The van der Waals surface area contributed by atoms with E-state index < -0.39 is 0 Å². The first kappa shape index (κ1) is 16.0. The molecule has 0 spiro atoms. The molecule has 2 amide bonds. The maximum atomic E-state index is 11.9. The molecule has 6 nitrogen and oxygen atoms in total. The Balaban J connectivity index is 1.57. The second-order valence-electron chi connectivity index (χ2n) is 5.24. The zero-order valence-corrected chi connectivity index (χ0v) is 13.8. The zero-order valence-electron chi connectivity index (χ0n) is 13.0. The van der Waals surface area contributed by atoms with Crippen LogP contribution in [0.1, 0.15) is 5.56 Å². The van der Waals surface area contributed by atoms with Crippen LogP contribution in [-0.4, -0.2) is 20.8 Å². The second kappa shape index (κ2) is 7.14. The number of pyridine rings is 1. The minimum absolute atomic E-state index is 0.320. The number of carbonyl (C=O) groups is 1. The van der Waals surface area contributed by atoms with E-state index >= 15 is 0 Å². The molecule has 2 aromatic heterocycles. The number of urea groups is 1. The summed E-state index contributed by atoms with van der Waals surface area (Å²) < 4.78 is 1.73. The second-order valence-corrected chi connectivity index (χ2v) is 5.65. The highest BCUT2D eigenvalue weighted by Gasteiger charge is 2.06. The molecule has 1 aromatic carbocycles. The standard InChI is InChI=1S/C17H16ClN5O/c1-23-11-13(10-21-23)15-7-6-12(8-19-15)9-20-17(24)22-16-5-3-2-4-14(16)18/h2-8,10-11H,9H2,1H3,(H2,20,22,24). The number of halogens is 1. The molecule has 7 heteroatoms. The van der Waals surface area contributed by atoms with Gasteiger partial charge in [0, 0.05) is 31.5 Å². The number of para-hydroxylation sites is 1. The summed E-state index contributed by atoms with van der Waals surface area (Å²) in [6.45, 7) is 0.372. The van der Waals surface area contributed by atoms with E-state index in [1.807, 2.05) is 31.4 Å². The van der Waals surface area contributed by atoms with Crippen LogP contribution in [0.15, 0.2) is 55.0 Å². The van der Waals surface area contributed by atoms with Gasteiger partial charge in [0.2, 0.25) is 0 Å². The van der Waals surface area contributed by atoms with Crippen LogP contribution in [0, 0.1) is 0 Å². The van der Waals surface area contributed by atoms with Gasteiger partial charge in [0.1, 0.15) is 0 Å². The topological polar surface area (TPSA) is 71.8 Å². The molecule has 2 N–H and O–H groups in total. The highest BCUT2D eigenvalue weighted by molar-refractivity contribution is 6.33. The van der Waals surface area contributed by atoms with Gasteiger partial charge in [0.15, 0.2) is 0 Å². The molecule has 0 saturated heterocycles. The molecule has 0 atom stereocenters. The third kappa shape index (κ3) is 3.91. The Morgan fingerprint density at radius 2 is 2.04 bits per heavy atom. The van der Waals surface area contributed by atoms with Gasteiger partial charge in [-0.15, -0.1) is 0 Å². The van der Waals surface area contributed by atoms with Crippen LogP contribution < -0.4 is 10.6 Å². The SMILES string of the molecule is Cn1cc(-c2ccc(CNC(=O)Nc3ccccc3Cl)cn2)cn1. The lowest BCUT2D eigenvalue weighted by Crippen LogP contribution is -2.28. The Hall–Kier alpha value is -2.86. The molecule has 0 saturated carbocycles. The highest BCUT2D eigenvalue weighted by atomic mass is 35.5. The maximum absolute atomic E-state index is 11.9. The molecule has 2 heterocycles. The van der Waals surface area contributed by atoms with Crippen LogP contribution in [0.3, 0.4) is 0 Å². The van der Waals surface area contributed by atoms with Crippen LogP contribution in [0.5, 0.6) is 0 Å². The Morgan fingerprint density at radius 1 is 1.21 bits per heavy atom. The fourth-order valence-corrected chi connectivity index (χ4v) is 2.35. The van der Waals surface area contributed by atoms with Gasteiger partial charge in [-0.25, -0.2) is 4.79 Å². The van der Waals surface area contributed by atoms with Gasteiger partial charge in [-0.3, -0.25) is 9.67 Å². The number of benzene rings is 1. The van der Waals surface area contributed by atoms with Gasteiger partial charge >= 0.3 is 6.03 Å². The van der Waals surface area contributed by atoms with E-state index in [0.29, 0.717) is 17.3 Å². The Labute approximate surface area is 144 Å². The molecule has 0 unspecified atom stereocenters. The van der Waals surface area contributed by atoms with Crippen molar-refractivity contribution in [2.45, 2.75) is 6.54 Å². The monoisotopic (exact) mass is 341 g/mol. The fraction of sp³-hybridized carbons (Fsp3) is 0.118. The first-order valence-corrected chi connectivity index (χ1v) is 7.73. The first-order valence-electron chi connectivity index (χ1n) is 7.35. The fourth-order valence-electron chi connectivity index (χ4n) is 2.16. The number of nitrogens with one attached hydrogen (secondary N) is 2. The highest BCUT2D eigenvalue weighted by Crippen LogP contribution is 2.20. The van der Waals surface area contributed by atoms with Crippen LogP contribution in [0.2, 0.25) is 5.02 Å². The summed E-state index contributed by atoms with van der Waals surface area (Å²) in [5, 5.41) is 10.1. The summed E-state index contributed by atoms with van der Waals surface area (Å²) in [5.41, 5.74) is 3.26. The van der Waals surface area contributed by atoms with Gasteiger partial charge in [-0.05, 0) is 23.8 Å². The number of aryl methyl sites for hydroxylation is 1. The van der Waals surface area contributed by atoms with E-state index in [1.165, 1.54) is 0 Å². The number of aromatic nitrogens is 3. The minimum atomic E-state index is -0.320. The predicted molar refractivity (Wildman–Crippen MR) is 93.7 cm³/mol. The molecule has 0 radical (unpaired) electrons. The first-order chi connectivity index (χ1) is 11.6. The van der Waals surface area contributed by atoms with E-state index in [-0.39, 0.29) is 6.03 Å². The van der Waals surface area contributed by atoms with Crippen molar-refractivity contribution in [1.29, 1.82) is 0 Å². The molecule has 122 valence electrons. The van der Waals surface area contributed by atoms with Crippen molar-refractivity contribution >= 4 is 23.3 Å². The number of hydrogen-bond donors (Lipinski definition) is 2. The molecule has 0 bridgehead atoms. The molecule has 0 aliphatic heterocycles. The van der Waals surface area contributed by atoms with Crippen LogP contribution >= 0.6 is 11.6 Å². The number of amides is 2. The van der Waals surface area contributed by atoms with Crippen molar-refractivity contribution in [3.05, 3.63) is 65.6 Å². The Morgan fingerprint density at radius 3 is 2.71 bits per heavy atom. The molecule has 0 aliphatic carbocycles. The smallest absolute Gasteiger partial charge is 0.319 e. The van der Waals surface area contributed by atoms with E-state index in [0.717, 1.165) is 16.8 Å². The molecular weight excluding hydrogens is 326 g/mol. The van der Waals surface area contributed by atoms with Crippen LogP contribution in [0.25, 0.3) is 11.3 Å². The van der Waals surface area contributed by atoms with Crippen LogP contribution in [0.4, 0.5) is 10.5 Å². The number of carbonyl (C=O) groups excluding carboxylic acids is 1. The van der Waals surface area contributed by atoms with Gasteiger partial charge in [0.05, 0.1) is 22.6 Å². The van der Waals surface area contributed by atoms with Crippen molar-refractivity contribution in [3.63, 3.8) is 0 Å².